The SMILES string of the molecule is C#CC[C@H]1CCCC[C@@]1(O)[C@@H]1CO1. The molecule has 2 heteroatoms. The maximum atomic E-state index is 10.4. The van der Waals surface area contributed by atoms with Crippen LogP contribution in [0, 0.1) is 18.3 Å². The molecule has 0 amide bonds. The van der Waals surface area contributed by atoms with Crippen LogP contribution in [0.5, 0.6) is 0 Å². The van der Waals surface area contributed by atoms with Crippen molar-refractivity contribution in [3.8, 4) is 12.3 Å². The summed E-state index contributed by atoms with van der Waals surface area (Å²) in [5.74, 6) is 2.92. The molecule has 1 heterocycles. The normalized spacial score (nSPS) is 44.0. The van der Waals surface area contributed by atoms with Gasteiger partial charge in [0.1, 0.15) is 6.10 Å². The van der Waals surface area contributed by atoms with E-state index in [1.807, 2.05) is 0 Å². The molecule has 1 saturated carbocycles. The van der Waals surface area contributed by atoms with Crippen molar-refractivity contribution in [3.05, 3.63) is 0 Å². The van der Waals surface area contributed by atoms with Gasteiger partial charge in [0.2, 0.25) is 0 Å². The molecule has 1 saturated heterocycles. The molecule has 0 spiro atoms. The van der Waals surface area contributed by atoms with Crippen molar-refractivity contribution < 1.29 is 9.84 Å². The first-order valence-electron chi connectivity index (χ1n) is 5.05. The molecule has 1 N–H and O–H groups in total. The second-order valence-electron chi connectivity index (χ2n) is 4.16. The summed E-state index contributed by atoms with van der Waals surface area (Å²) in [6.45, 7) is 0.720. The van der Waals surface area contributed by atoms with Crippen molar-refractivity contribution in [2.24, 2.45) is 5.92 Å². The van der Waals surface area contributed by atoms with Crippen LogP contribution in [0.2, 0.25) is 0 Å². The van der Waals surface area contributed by atoms with Crippen LogP contribution in [-0.4, -0.2) is 23.4 Å². The van der Waals surface area contributed by atoms with E-state index in [2.05, 4.69) is 5.92 Å². The molecule has 1 aliphatic heterocycles. The Hall–Kier alpha value is -0.520. The molecule has 0 aromatic rings. The highest BCUT2D eigenvalue weighted by atomic mass is 16.6. The predicted octanol–water partition coefficient (Wildman–Crippen LogP) is 1.33. The van der Waals surface area contributed by atoms with Gasteiger partial charge in [-0.15, -0.1) is 12.3 Å². The van der Waals surface area contributed by atoms with Crippen molar-refractivity contribution in [2.45, 2.75) is 43.8 Å². The summed E-state index contributed by atoms with van der Waals surface area (Å²) in [5.41, 5.74) is -0.607. The Morgan fingerprint density at radius 3 is 2.92 bits per heavy atom. The third kappa shape index (κ3) is 1.59. The Balaban J connectivity index is 2.07. The fourth-order valence-corrected chi connectivity index (χ4v) is 2.43. The maximum Gasteiger partial charge on any atom is 0.110 e. The molecule has 0 aromatic carbocycles. The van der Waals surface area contributed by atoms with E-state index in [1.54, 1.807) is 0 Å². The van der Waals surface area contributed by atoms with E-state index in [0.29, 0.717) is 6.42 Å². The van der Waals surface area contributed by atoms with Crippen LogP contribution >= 0.6 is 0 Å². The molecule has 2 fully saturated rings. The smallest absolute Gasteiger partial charge is 0.110 e. The topological polar surface area (TPSA) is 32.8 Å². The quantitative estimate of drug-likeness (QED) is 0.513. The van der Waals surface area contributed by atoms with E-state index < -0.39 is 5.60 Å². The van der Waals surface area contributed by atoms with Gasteiger partial charge in [0.05, 0.1) is 12.2 Å². The standard InChI is InChI=1S/C11H16O2/c1-2-5-9-6-3-4-7-11(9,12)10-8-13-10/h1,9-10,12H,3-8H2/t9-,10-,11-/m0/s1. The molecular formula is C11H16O2. The molecule has 2 nitrogen and oxygen atoms in total. The van der Waals surface area contributed by atoms with Crippen molar-refractivity contribution in [1.29, 1.82) is 0 Å². The second kappa shape index (κ2) is 3.32. The van der Waals surface area contributed by atoms with Gasteiger partial charge in [-0.25, -0.2) is 0 Å². The average Bonchev–Trinajstić information content (AvgIpc) is 2.92. The Morgan fingerprint density at radius 1 is 1.54 bits per heavy atom. The molecule has 3 atom stereocenters. The molecule has 0 bridgehead atoms. The van der Waals surface area contributed by atoms with E-state index in [-0.39, 0.29) is 12.0 Å². The number of epoxide rings is 1. The van der Waals surface area contributed by atoms with E-state index >= 15 is 0 Å². The molecule has 72 valence electrons. The average molecular weight is 180 g/mol. The third-order valence-corrected chi connectivity index (χ3v) is 3.34. The Bertz CT molecular complexity index is 227. The van der Waals surface area contributed by atoms with E-state index in [9.17, 15) is 5.11 Å². The molecule has 2 rings (SSSR count). The van der Waals surface area contributed by atoms with Crippen LogP contribution < -0.4 is 0 Å². The lowest BCUT2D eigenvalue weighted by Crippen LogP contribution is -2.45. The highest BCUT2D eigenvalue weighted by molar-refractivity contribution is 5.04. The molecule has 13 heavy (non-hydrogen) atoms. The van der Waals surface area contributed by atoms with Crippen LogP contribution in [0.15, 0.2) is 0 Å². The highest BCUT2D eigenvalue weighted by Crippen LogP contribution is 2.42. The third-order valence-electron chi connectivity index (χ3n) is 3.34. The monoisotopic (exact) mass is 180 g/mol. The minimum Gasteiger partial charge on any atom is -0.387 e. The highest BCUT2D eigenvalue weighted by Gasteiger charge is 2.51. The zero-order chi connectivity index (χ0) is 9.31. The van der Waals surface area contributed by atoms with Gasteiger partial charge in [-0.2, -0.15) is 0 Å². The van der Waals surface area contributed by atoms with Gasteiger partial charge in [-0.3, -0.25) is 0 Å². The Labute approximate surface area is 79.3 Å². The van der Waals surface area contributed by atoms with Crippen molar-refractivity contribution >= 4 is 0 Å². The first-order chi connectivity index (χ1) is 6.27. The number of rotatable bonds is 2. The van der Waals surface area contributed by atoms with Crippen LogP contribution in [0.25, 0.3) is 0 Å². The predicted molar refractivity (Wildman–Crippen MR) is 50.1 cm³/mol. The zero-order valence-corrected chi connectivity index (χ0v) is 7.83. The first kappa shape index (κ1) is 9.05. The summed E-state index contributed by atoms with van der Waals surface area (Å²) in [7, 11) is 0. The van der Waals surface area contributed by atoms with Crippen molar-refractivity contribution in [1.82, 2.24) is 0 Å². The number of hydrogen-bond acceptors (Lipinski definition) is 2. The van der Waals surface area contributed by atoms with E-state index in [1.165, 1.54) is 6.42 Å². The van der Waals surface area contributed by atoms with Crippen molar-refractivity contribution in [3.63, 3.8) is 0 Å². The number of hydrogen-bond donors (Lipinski definition) is 1. The summed E-state index contributed by atoms with van der Waals surface area (Å²) in [6, 6.07) is 0. The maximum absolute atomic E-state index is 10.4. The van der Waals surface area contributed by atoms with Gasteiger partial charge < -0.3 is 9.84 Å². The van der Waals surface area contributed by atoms with E-state index in [0.717, 1.165) is 25.9 Å². The second-order valence-corrected chi connectivity index (χ2v) is 4.16. The summed E-state index contributed by atoms with van der Waals surface area (Å²) in [4.78, 5) is 0. The molecule has 0 aromatic heterocycles. The Kier molecular flexibility index (Phi) is 2.31. The lowest BCUT2D eigenvalue weighted by atomic mass is 9.72. The van der Waals surface area contributed by atoms with Gasteiger partial charge in [-0.05, 0) is 12.8 Å². The molecule has 0 unspecified atom stereocenters. The molecule has 1 aliphatic carbocycles. The molecular weight excluding hydrogens is 164 g/mol. The van der Waals surface area contributed by atoms with Gasteiger partial charge in [0, 0.05) is 12.3 Å². The van der Waals surface area contributed by atoms with Gasteiger partial charge in [0.15, 0.2) is 0 Å². The fourth-order valence-electron chi connectivity index (χ4n) is 2.43. The van der Waals surface area contributed by atoms with Gasteiger partial charge in [0.25, 0.3) is 0 Å². The zero-order valence-electron chi connectivity index (χ0n) is 7.83. The summed E-state index contributed by atoms with van der Waals surface area (Å²) >= 11 is 0. The van der Waals surface area contributed by atoms with Crippen molar-refractivity contribution in [2.75, 3.05) is 6.61 Å². The summed E-state index contributed by atoms with van der Waals surface area (Å²) in [6.07, 6.45) is 10.3. The largest absolute Gasteiger partial charge is 0.387 e. The Morgan fingerprint density at radius 2 is 2.31 bits per heavy atom. The van der Waals surface area contributed by atoms with Crippen LogP contribution in [0.4, 0.5) is 0 Å². The lowest BCUT2D eigenvalue weighted by Gasteiger charge is -2.38. The van der Waals surface area contributed by atoms with Crippen LogP contribution in [-0.2, 0) is 4.74 Å². The minimum atomic E-state index is -0.607. The van der Waals surface area contributed by atoms with Gasteiger partial charge >= 0.3 is 0 Å². The summed E-state index contributed by atoms with van der Waals surface area (Å²) in [5, 5.41) is 10.4. The molecule has 0 radical (unpaired) electrons. The fraction of sp³-hybridized carbons (Fsp3) is 0.818. The first-order valence-corrected chi connectivity index (χ1v) is 5.05. The van der Waals surface area contributed by atoms with E-state index in [4.69, 9.17) is 11.2 Å². The lowest BCUT2D eigenvalue weighted by molar-refractivity contribution is -0.0666. The van der Waals surface area contributed by atoms with Crippen LogP contribution in [0.3, 0.4) is 0 Å². The van der Waals surface area contributed by atoms with Gasteiger partial charge in [-0.1, -0.05) is 12.8 Å². The number of aliphatic hydroxyl groups is 1. The van der Waals surface area contributed by atoms with Crippen LogP contribution in [0.1, 0.15) is 32.1 Å². The molecule has 2 aliphatic rings. The minimum absolute atomic E-state index is 0.0751. The summed E-state index contributed by atoms with van der Waals surface area (Å²) < 4.78 is 5.21. The number of terminal acetylenes is 1. The number of ether oxygens (including phenoxy) is 1.